The van der Waals surface area contributed by atoms with E-state index in [1.165, 1.54) is 21.8 Å². The molecule has 3 heteroatoms. The molecule has 0 unspecified atom stereocenters. The van der Waals surface area contributed by atoms with Crippen molar-refractivity contribution in [2.24, 2.45) is 0 Å². The summed E-state index contributed by atoms with van der Waals surface area (Å²) in [4.78, 5) is 0. The third-order valence-corrected chi connectivity index (χ3v) is 3.90. The van der Waals surface area contributed by atoms with Crippen LogP contribution in [0.3, 0.4) is 0 Å². The van der Waals surface area contributed by atoms with Gasteiger partial charge in [-0.05, 0) is 24.6 Å². The molecule has 0 aromatic carbocycles. The van der Waals surface area contributed by atoms with E-state index in [9.17, 15) is 0 Å². The van der Waals surface area contributed by atoms with Crippen LogP contribution >= 0.6 is 22.9 Å². The zero-order valence-corrected chi connectivity index (χ0v) is 11.3. The summed E-state index contributed by atoms with van der Waals surface area (Å²) in [7, 11) is 0. The lowest BCUT2D eigenvalue weighted by molar-refractivity contribution is 0.631. The first kappa shape index (κ1) is 11.7. The van der Waals surface area contributed by atoms with Gasteiger partial charge in [-0.15, -0.1) is 0 Å². The predicted molar refractivity (Wildman–Crippen MR) is 77.8 cm³/mol. The van der Waals surface area contributed by atoms with E-state index in [0.717, 1.165) is 19.5 Å². The third kappa shape index (κ3) is 1.89. The Morgan fingerprint density at radius 3 is 2.69 bits per heavy atom. The summed E-state index contributed by atoms with van der Waals surface area (Å²) in [5.41, 5.74) is 2.81. The molecular formula is C13H15IN2. The molecule has 0 fully saturated rings. The minimum atomic E-state index is 0.946. The van der Waals surface area contributed by atoms with Gasteiger partial charge in [0.2, 0.25) is 0 Å². The van der Waals surface area contributed by atoms with Crippen LogP contribution in [0.2, 0.25) is 0 Å². The number of fused-ring (bicyclic) bond motifs is 1. The zero-order valence-electron chi connectivity index (χ0n) is 9.17. The number of aromatic nitrogens is 1. The smallest absolute Gasteiger partial charge is 0.0643 e. The van der Waals surface area contributed by atoms with Crippen LogP contribution in [-0.4, -0.2) is 9.33 Å². The second-order valence-corrected chi connectivity index (χ2v) is 4.70. The molecule has 0 bridgehead atoms. The fraction of sp³-hybridized carbons (Fsp3) is 0.231. The van der Waals surface area contributed by atoms with E-state index in [-0.39, 0.29) is 0 Å². The van der Waals surface area contributed by atoms with E-state index in [0.29, 0.717) is 0 Å². The maximum atomic E-state index is 3.79. The standard InChI is InChI=1S/C13H15IN2/c1-3-5-10-11-7-8-15-9-13(11)16(14)12(10)6-4-2/h3-6,15H,1-2,7-9H2/b10-5-,12-6+. The third-order valence-electron chi connectivity index (χ3n) is 2.80. The van der Waals surface area contributed by atoms with Gasteiger partial charge in [-0.1, -0.05) is 31.4 Å². The van der Waals surface area contributed by atoms with Crippen LogP contribution in [0.15, 0.2) is 25.3 Å². The molecule has 0 amide bonds. The van der Waals surface area contributed by atoms with Crippen molar-refractivity contribution < 1.29 is 0 Å². The molecule has 0 radical (unpaired) electrons. The van der Waals surface area contributed by atoms with Gasteiger partial charge in [0.05, 0.1) is 28.2 Å². The number of allylic oxidation sites excluding steroid dienone is 2. The van der Waals surface area contributed by atoms with Crippen molar-refractivity contribution in [3.8, 4) is 0 Å². The summed E-state index contributed by atoms with van der Waals surface area (Å²) in [6.45, 7) is 9.57. The molecule has 0 saturated carbocycles. The molecule has 1 aliphatic heterocycles. The number of halogens is 1. The highest BCUT2D eigenvalue weighted by molar-refractivity contribution is 14.1. The molecule has 2 nitrogen and oxygen atoms in total. The summed E-state index contributed by atoms with van der Waals surface area (Å²) in [5.74, 6) is 0. The number of hydrogen-bond acceptors (Lipinski definition) is 1. The van der Waals surface area contributed by atoms with Gasteiger partial charge in [0.15, 0.2) is 0 Å². The molecule has 1 aromatic rings. The van der Waals surface area contributed by atoms with Gasteiger partial charge in [0.25, 0.3) is 0 Å². The van der Waals surface area contributed by atoms with Crippen molar-refractivity contribution in [3.63, 3.8) is 0 Å². The van der Waals surface area contributed by atoms with Crippen LogP contribution in [0.5, 0.6) is 0 Å². The summed E-state index contributed by atoms with van der Waals surface area (Å²) < 4.78 is 2.22. The summed E-state index contributed by atoms with van der Waals surface area (Å²) in [6.07, 6.45) is 8.93. The molecule has 0 saturated heterocycles. The van der Waals surface area contributed by atoms with Crippen LogP contribution in [0.4, 0.5) is 0 Å². The fourth-order valence-electron chi connectivity index (χ4n) is 2.13. The van der Waals surface area contributed by atoms with Gasteiger partial charge in [-0.3, -0.25) is 2.78 Å². The van der Waals surface area contributed by atoms with Crippen LogP contribution in [0.1, 0.15) is 11.3 Å². The molecule has 1 aliphatic rings. The fourth-order valence-corrected chi connectivity index (χ4v) is 3.01. The SMILES string of the molecule is C=C/C=c1/c2c(n(I)/c1=C/C=C)CNCC2. The highest BCUT2D eigenvalue weighted by Gasteiger charge is 2.15. The maximum absolute atomic E-state index is 3.79. The normalized spacial score (nSPS) is 17.3. The summed E-state index contributed by atoms with van der Waals surface area (Å²) >= 11 is 2.35. The maximum Gasteiger partial charge on any atom is 0.0643 e. The van der Waals surface area contributed by atoms with Crippen LogP contribution in [0, 0.1) is 0 Å². The first-order valence-corrected chi connectivity index (χ1v) is 6.31. The van der Waals surface area contributed by atoms with Crippen molar-refractivity contribution >= 4 is 35.0 Å². The van der Waals surface area contributed by atoms with Crippen LogP contribution in [-0.2, 0) is 13.0 Å². The Bertz CT molecular complexity index is 537. The highest BCUT2D eigenvalue weighted by atomic mass is 127. The van der Waals surface area contributed by atoms with E-state index < -0.39 is 0 Å². The van der Waals surface area contributed by atoms with E-state index in [4.69, 9.17) is 0 Å². The zero-order chi connectivity index (χ0) is 11.5. The van der Waals surface area contributed by atoms with Gasteiger partial charge in [0.1, 0.15) is 0 Å². The largest absolute Gasteiger partial charge is 0.311 e. The number of nitrogens with zero attached hydrogens (tertiary/aromatic N) is 1. The molecule has 0 aliphatic carbocycles. The Morgan fingerprint density at radius 2 is 2.00 bits per heavy atom. The Labute approximate surface area is 110 Å². The minimum absolute atomic E-state index is 0.946. The van der Waals surface area contributed by atoms with Crippen molar-refractivity contribution in [2.45, 2.75) is 13.0 Å². The highest BCUT2D eigenvalue weighted by Crippen LogP contribution is 2.10. The van der Waals surface area contributed by atoms with Gasteiger partial charge in [-0.2, -0.15) is 0 Å². The molecule has 1 N–H and O–H groups in total. The van der Waals surface area contributed by atoms with Crippen LogP contribution < -0.4 is 15.9 Å². The Balaban J connectivity index is 2.84. The monoisotopic (exact) mass is 326 g/mol. The predicted octanol–water partition coefficient (Wildman–Crippen LogP) is 1.26. The molecule has 16 heavy (non-hydrogen) atoms. The van der Waals surface area contributed by atoms with Gasteiger partial charge < -0.3 is 5.32 Å². The van der Waals surface area contributed by atoms with Crippen molar-refractivity contribution in [1.82, 2.24) is 8.10 Å². The van der Waals surface area contributed by atoms with E-state index in [1.807, 2.05) is 12.2 Å². The molecular weight excluding hydrogens is 311 g/mol. The average Bonchev–Trinajstić information content (AvgIpc) is 2.57. The molecule has 1 aromatic heterocycles. The lowest BCUT2D eigenvalue weighted by Crippen LogP contribution is -2.29. The molecule has 2 rings (SSSR count). The second kappa shape index (κ2) is 5.01. The van der Waals surface area contributed by atoms with Crippen molar-refractivity contribution in [1.29, 1.82) is 0 Å². The van der Waals surface area contributed by atoms with E-state index in [1.54, 1.807) is 0 Å². The number of hydrogen-bond donors (Lipinski definition) is 1. The van der Waals surface area contributed by atoms with Crippen molar-refractivity contribution in [2.75, 3.05) is 6.54 Å². The Morgan fingerprint density at radius 1 is 1.25 bits per heavy atom. The van der Waals surface area contributed by atoms with Crippen molar-refractivity contribution in [3.05, 3.63) is 47.1 Å². The number of rotatable bonds is 2. The summed E-state index contributed by atoms with van der Waals surface area (Å²) in [6, 6.07) is 0. The Hall–Kier alpha value is -0.810. The average molecular weight is 326 g/mol. The van der Waals surface area contributed by atoms with E-state index in [2.05, 4.69) is 56.3 Å². The topological polar surface area (TPSA) is 17.0 Å². The number of nitrogens with one attached hydrogen (secondary N) is 1. The van der Waals surface area contributed by atoms with Gasteiger partial charge in [0, 0.05) is 17.5 Å². The molecule has 2 heterocycles. The first-order valence-electron chi connectivity index (χ1n) is 5.34. The lowest BCUT2D eigenvalue weighted by atomic mass is 10.1. The van der Waals surface area contributed by atoms with Gasteiger partial charge >= 0.3 is 0 Å². The first-order chi connectivity index (χ1) is 7.79. The minimum Gasteiger partial charge on any atom is -0.311 e. The van der Waals surface area contributed by atoms with Crippen LogP contribution in [0.25, 0.3) is 12.2 Å². The molecule has 84 valence electrons. The second-order valence-electron chi connectivity index (χ2n) is 3.74. The Kier molecular flexibility index (Phi) is 3.66. The molecule has 0 spiro atoms. The quantitative estimate of drug-likeness (QED) is 0.810. The summed E-state index contributed by atoms with van der Waals surface area (Å²) in [5, 5.41) is 5.91. The van der Waals surface area contributed by atoms with E-state index >= 15 is 0 Å². The van der Waals surface area contributed by atoms with Gasteiger partial charge in [-0.25, -0.2) is 0 Å². The molecule has 0 atom stereocenters. The lowest BCUT2D eigenvalue weighted by Gasteiger charge is -2.13.